The van der Waals surface area contributed by atoms with Gasteiger partial charge in [0.1, 0.15) is 0 Å². The number of nitrogens with one attached hydrogen (secondary N) is 2. The second-order valence-corrected chi connectivity index (χ2v) is 7.55. The minimum absolute atomic E-state index is 0.103. The summed E-state index contributed by atoms with van der Waals surface area (Å²) in [6, 6.07) is -0.157. The first-order valence-corrected chi connectivity index (χ1v) is 7.34. The number of carbonyl (C=O) groups excluding carboxylic acids is 1. The van der Waals surface area contributed by atoms with Gasteiger partial charge in [0.25, 0.3) is 0 Å². The molecule has 94 valence electrons. The third-order valence-electron chi connectivity index (χ3n) is 3.07. The van der Waals surface area contributed by atoms with E-state index in [0.717, 1.165) is 19.4 Å². The van der Waals surface area contributed by atoms with Gasteiger partial charge in [-0.05, 0) is 33.2 Å². The van der Waals surface area contributed by atoms with Crippen molar-refractivity contribution in [3.05, 3.63) is 0 Å². The molecule has 0 aromatic rings. The van der Waals surface area contributed by atoms with Gasteiger partial charge >= 0.3 is 0 Å². The van der Waals surface area contributed by atoms with Crippen LogP contribution in [0.4, 0.5) is 0 Å². The van der Waals surface area contributed by atoms with Gasteiger partial charge in [-0.2, -0.15) is 0 Å². The molecule has 1 unspecified atom stereocenters. The van der Waals surface area contributed by atoms with Crippen LogP contribution in [0.1, 0.15) is 26.7 Å². The highest BCUT2D eigenvalue weighted by atomic mass is 32.2. The molecule has 0 radical (unpaired) electrons. The quantitative estimate of drug-likeness (QED) is 0.715. The molecule has 1 atom stereocenters. The van der Waals surface area contributed by atoms with Crippen molar-refractivity contribution in [3.63, 3.8) is 0 Å². The van der Waals surface area contributed by atoms with E-state index in [-0.39, 0.29) is 18.5 Å². The lowest BCUT2D eigenvalue weighted by molar-refractivity contribution is -0.122. The molecule has 1 amide bonds. The van der Waals surface area contributed by atoms with Gasteiger partial charge in [-0.25, -0.2) is 8.42 Å². The maximum atomic E-state index is 11.7. The summed E-state index contributed by atoms with van der Waals surface area (Å²) in [4.78, 5) is 11.7. The summed E-state index contributed by atoms with van der Waals surface area (Å²) >= 11 is 0. The Hall–Kier alpha value is -0.620. The summed E-state index contributed by atoms with van der Waals surface area (Å²) in [5.41, 5.74) is 0. The minimum Gasteiger partial charge on any atom is -0.353 e. The van der Waals surface area contributed by atoms with E-state index in [1.165, 1.54) is 6.26 Å². The van der Waals surface area contributed by atoms with E-state index in [0.29, 0.717) is 0 Å². The molecule has 0 aromatic carbocycles. The Morgan fingerprint density at radius 1 is 1.50 bits per heavy atom. The van der Waals surface area contributed by atoms with Crippen LogP contribution in [0, 0.1) is 0 Å². The van der Waals surface area contributed by atoms with Crippen molar-refractivity contribution < 1.29 is 13.2 Å². The largest absolute Gasteiger partial charge is 0.353 e. The highest BCUT2D eigenvalue weighted by molar-refractivity contribution is 7.92. The number of sulfone groups is 1. The van der Waals surface area contributed by atoms with Crippen LogP contribution >= 0.6 is 0 Å². The topological polar surface area (TPSA) is 75.3 Å². The molecule has 0 saturated carbocycles. The maximum absolute atomic E-state index is 11.7. The zero-order chi connectivity index (χ0) is 12.4. The number of rotatable bonds is 4. The lowest BCUT2D eigenvalue weighted by Gasteiger charge is -2.23. The van der Waals surface area contributed by atoms with E-state index in [1.807, 2.05) is 0 Å². The average Bonchev–Trinajstić information content (AvgIpc) is 2.65. The van der Waals surface area contributed by atoms with Crippen molar-refractivity contribution >= 4 is 15.7 Å². The fourth-order valence-electron chi connectivity index (χ4n) is 1.46. The minimum atomic E-state index is -3.16. The Balaban J connectivity index is 2.48. The molecule has 0 aliphatic carbocycles. The predicted molar refractivity (Wildman–Crippen MR) is 63.0 cm³/mol. The van der Waals surface area contributed by atoms with Gasteiger partial charge in [0, 0.05) is 12.8 Å². The van der Waals surface area contributed by atoms with Crippen LogP contribution in [0.5, 0.6) is 0 Å². The van der Waals surface area contributed by atoms with Gasteiger partial charge in [0.15, 0.2) is 9.84 Å². The summed E-state index contributed by atoms with van der Waals surface area (Å²) < 4.78 is 21.9. The van der Waals surface area contributed by atoms with Gasteiger partial charge in [0.05, 0.1) is 10.8 Å². The molecular formula is C10H20N2O3S. The second-order valence-electron chi connectivity index (χ2n) is 4.90. The molecule has 1 saturated heterocycles. The number of amides is 1. The van der Waals surface area contributed by atoms with Crippen LogP contribution in [-0.4, -0.2) is 44.5 Å². The molecule has 0 bridgehead atoms. The van der Waals surface area contributed by atoms with Crippen molar-refractivity contribution in [1.29, 1.82) is 0 Å². The molecule has 0 aromatic heterocycles. The van der Waals surface area contributed by atoms with E-state index in [1.54, 1.807) is 13.8 Å². The van der Waals surface area contributed by atoms with E-state index in [2.05, 4.69) is 10.6 Å². The van der Waals surface area contributed by atoms with Crippen molar-refractivity contribution in [2.24, 2.45) is 0 Å². The molecule has 1 rings (SSSR count). The molecule has 1 heterocycles. The third-order valence-corrected chi connectivity index (χ3v) is 5.22. The van der Waals surface area contributed by atoms with Crippen molar-refractivity contribution in [2.75, 3.05) is 19.3 Å². The third kappa shape index (κ3) is 3.18. The van der Waals surface area contributed by atoms with E-state index in [9.17, 15) is 13.2 Å². The normalized spacial score (nSPS) is 22.1. The summed E-state index contributed by atoms with van der Waals surface area (Å²) in [6.45, 7) is 4.24. The van der Waals surface area contributed by atoms with Gasteiger partial charge in [-0.1, -0.05) is 0 Å². The molecule has 1 aliphatic rings. The van der Waals surface area contributed by atoms with Crippen LogP contribution in [0.25, 0.3) is 0 Å². The number of carbonyl (C=O) groups is 1. The lowest BCUT2D eigenvalue weighted by atomic mass is 10.2. The van der Waals surface area contributed by atoms with Gasteiger partial charge in [-0.15, -0.1) is 0 Å². The number of hydrogen-bond donors (Lipinski definition) is 2. The van der Waals surface area contributed by atoms with Crippen LogP contribution in [0.2, 0.25) is 0 Å². The van der Waals surface area contributed by atoms with Crippen molar-refractivity contribution in [1.82, 2.24) is 10.6 Å². The van der Waals surface area contributed by atoms with Crippen LogP contribution in [-0.2, 0) is 14.6 Å². The van der Waals surface area contributed by atoms with E-state index >= 15 is 0 Å². The molecular weight excluding hydrogens is 228 g/mol. The van der Waals surface area contributed by atoms with Crippen LogP contribution in [0.15, 0.2) is 0 Å². The smallest absolute Gasteiger partial charge is 0.237 e. The van der Waals surface area contributed by atoms with E-state index in [4.69, 9.17) is 0 Å². The molecule has 16 heavy (non-hydrogen) atoms. The van der Waals surface area contributed by atoms with Gasteiger partial charge in [-0.3, -0.25) is 4.79 Å². The predicted octanol–water partition coefficient (Wildman–Crippen LogP) is -0.322. The van der Waals surface area contributed by atoms with Crippen LogP contribution in [0.3, 0.4) is 0 Å². The SMILES string of the molecule is CC(C)(CNC(=O)C1CCCN1)S(C)(=O)=O. The first-order chi connectivity index (χ1) is 7.24. The molecule has 0 spiro atoms. The second kappa shape index (κ2) is 4.71. The Labute approximate surface area is 96.9 Å². The van der Waals surface area contributed by atoms with Crippen molar-refractivity contribution in [3.8, 4) is 0 Å². The standard InChI is InChI=1S/C10H20N2O3S/c1-10(2,16(3,14)15)7-12-9(13)8-5-4-6-11-8/h8,11H,4-7H2,1-3H3,(H,12,13). The fraction of sp³-hybridized carbons (Fsp3) is 0.900. The highest BCUT2D eigenvalue weighted by Crippen LogP contribution is 2.14. The number of hydrogen-bond acceptors (Lipinski definition) is 4. The molecule has 1 fully saturated rings. The summed E-state index contributed by atoms with van der Waals surface area (Å²) in [5, 5.41) is 5.76. The first-order valence-electron chi connectivity index (χ1n) is 5.45. The van der Waals surface area contributed by atoms with Gasteiger partial charge in [0.2, 0.25) is 5.91 Å². The first kappa shape index (κ1) is 13.4. The highest BCUT2D eigenvalue weighted by Gasteiger charge is 2.31. The monoisotopic (exact) mass is 248 g/mol. The summed E-state index contributed by atoms with van der Waals surface area (Å²) in [7, 11) is -3.16. The van der Waals surface area contributed by atoms with Crippen LogP contribution < -0.4 is 10.6 Å². The summed E-state index contributed by atoms with van der Waals surface area (Å²) in [6.07, 6.45) is 3.01. The zero-order valence-corrected chi connectivity index (χ0v) is 10.9. The summed E-state index contributed by atoms with van der Waals surface area (Å²) in [5.74, 6) is -0.103. The Bertz CT molecular complexity index is 356. The average molecular weight is 248 g/mol. The Morgan fingerprint density at radius 3 is 2.56 bits per heavy atom. The maximum Gasteiger partial charge on any atom is 0.237 e. The van der Waals surface area contributed by atoms with E-state index < -0.39 is 14.6 Å². The molecule has 6 heteroatoms. The Morgan fingerprint density at radius 2 is 2.12 bits per heavy atom. The lowest BCUT2D eigenvalue weighted by Crippen LogP contribution is -2.48. The fourth-order valence-corrected chi connectivity index (χ4v) is 1.80. The van der Waals surface area contributed by atoms with Crippen molar-refractivity contribution in [2.45, 2.75) is 37.5 Å². The molecule has 1 aliphatic heterocycles. The zero-order valence-electron chi connectivity index (χ0n) is 10.0. The Kier molecular flexibility index (Phi) is 3.96. The van der Waals surface area contributed by atoms with Gasteiger partial charge < -0.3 is 10.6 Å². The molecule has 2 N–H and O–H groups in total. The molecule has 5 nitrogen and oxygen atoms in total.